The first-order chi connectivity index (χ1) is 35.4. The Morgan fingerprint density at radius 1 is 0.274 bits per heavy atom. The first-order valence-corrected chi connectivity index (χ1v) is 24.5. The summed E-state index contributed by atoms with van der Waals surface area (Å²) in [4.78, 5) is 27.0. The summed E-state index contributed by atoms with van der Waals surface area (Å²) in [6.45, 7) is 18.6. The zero-order valence-corrected chi connectivity index (χ0v) is 43.4. The van der Waals surface area contributed by atoms with E-state index in [0.717, 1.165) is 17.2 Å². The van der Waals surface area contributed by atoms with Crippen LogP contribution in [0.4, 0.5) is 0 Å². The minimum absolute atomic E-state index is 0.822. The summed E-state index contributed by atoms with van der Waals surface area (Å²) < 4.78 is 0. The van der Waals surface area contributed by atoms with Gasteiger partial charge in [-0.25, -0.2) is 19.9 Å². The number of rotatable bonds is 0. The molecule has 0 aliphatic heterocycles. The normalized spacial score (nSPS) is 10.3. The van der Waals surface area contributed by atoms with Gasteiger partial charge in [0.15, 0.2) is 0 Å². The zero-order valence-electron chi connectivity index (χ0n) is 43.4. The standard InChI is InChI=1S/C20H16.C18H14.3C6H7N.2C5H6N2/c1-13-11-19-18-10-6-4-8-16(18)14(2)12-20(19)17-9-5-3-7-15(13)17;1-11-7-13-3-5-15-9-12(2)10-16-6-4-14(8-11)17(13)18(15)16;1-6-2-4-7-5-3-6;1-6-3-2-4-7-5-6;1-6-4-2-3-5-7-6;1-5-2-3-6-4-7-5;1-5-6-3-2-4-7-5/h3-12H,1-2H3;3-10H,1-2H3;3*2-5H,1H3;2*2-4H,1H3. The van der Waals surface area contributed by atoms with Crippen LogP contribution in [0.5, 0.6) is 0 Å². The summed E-state index contributed by atoms with van der Waals surface area (Å²) in [5.74, 6) is 0.822. The maximum Gasteiger partial charge on any atom is 0.125 e. The van der Waals surface area contributed by atoms with Crippen LogP contribution in [-0.4, -0.2) is 34.9 Å². The number of benzene rings is 8. The summed E-state index contributed by atoms with van der Waals surface area (Å²) in [5, 5.41) is 16.4. The summed E-state index contributed by atoms with van der Waals surface area (Å²) in [6, 6.07) is 57.6. The number of hydrogen-bond acceptors (Lipinski definition) is 7. The number of hydrogen-bond donors (Lipinski definition) is 0. The van der Waals surface area contributed by atoms with Crippen LogP contribution < -0.4 is 0 Å². The third-order valence-electron chi connectivity index (χ3n) is 12.0. The average molecular weight is 954 g/mol. The third-order valence-corrected chi connectivity index (χ3v) is 12.0. The number of fused-ring (bicyclic) bond motifs is 5. The molecule has 7 nitrogen and oxygen atoms in total. The van der Waals surface area contributed by atoms with Crippen LogP contribution in [0.3, 0.4) is 0 Å². The van der Waals surface area contributed by atoms with E-state index in [4.69, 9.17) is 0 Å². The van der Waals surface area contributed by atoms with Gasteiger partial charge in [-0.15, -0.1) is 0 Å². The van der Waals surface area contributed by atoms with Crippen molar-refractivity contribution in [1.82, 2.24) is 34.9 Å². The van der Waals surface area contributed by atoms with Crippen molar-refractivity contribution in [2.45, 2.75) is 62.3 Å². The molecule has 0 unspecified atom stereocenters. The molecule has 8 aromatic carbocycles. The van der Waals surface area contributed by atoms with Crippen LogP contribution in [0.2, 0.25) is 0 Å². The molecule has 0 radical (unpaired) electrons. The van der Waals surface area contributed by atoms with E-state index < -0.39 is 0 Å². The lowest BCUT2D eigenvalue weighted by Gasteiger charge is -2.12. The highest BCUT2D eigenvalue weighted by Crippen LogP contribution is 2.37. The molecule has 5 aromatic heterocycles. The van der Waals surface area contributed by atoms with Gasteiger partial charge in [-0.2, -0.15) is 0 Å². The Morgan fingerprint density at radius 3 is 1.05 bits per heavy atom. The second kappa shape index (κ2) is 25.9. The van der Waals surface area contributed by atoms with Gasteiger partial charge in [0.1, 0.15) is 12.2 Å². The summed E-state index contributed by atoms with van der Waals surface area (Å²) >= 11 is 0. The predicted molar refractivity (Wildman–Crippen MR) is 309 cm³/mol. The van der Waals surface area contributed by atoms with E-state index in [1.807, 2.05) is 89.3 Å². The first kappa shape index (κ1) is 52.0. The Kier molecular flexibility index (Phi) is 18.4. The first-order valence-electron chi connectivity index (χ1n) is 24.5. The van der Waals surface area contributed by atoms with Gasteiger partial charge in [0.05, 0.1) is 0 Å². The van der Waals surface area contributed by atoms with Crippen molar-refractivity contribution < 1.29 is 0 Å². The van der Waals surface area contributed by atoms with Crippen LogP contribution in [0, 0.1) is 62.3 Å². The molecule has 0 atom stereocenters. The van der Waals surface area contributed by atoms with Crippen LogP contribution in [0.15, 0.2) is 220 Å². The lowest BCUT2D eigenvalue weighted by molar-refractivity contribution is 1.05. The monoisotopic (exact) mass is 954 g/mol. The molecule has 5 heterocycles. The van der Waals surface area contributed by atoms with E-state index in [1.165, 1.54) is 104 Å². The van der Waals surface area contributed by atoms with Gasteiger partial charge >= 0.3 is 0 Å². The number of nitrogens with zero attached hydrogens (tertiary/aromatic N) is 7. The Hall–Kier alpha value is -8.81. The van der Waals surface area contributed by atoms with E-state index in [9.17, 15) is 0 Å². The molecule has 0 aliphatic rings. The van der Waals surface area contributed by atoms with Gasteiger partial charge in [0.25, 0.3) is 0 Å². The van der Waals surface area contributed by atoms with Crippen molar-refractivity contribution in [3.05, 3.63) is 270 Å². The van der Waals surface area contributed by atoms with Gasteiger partial charge < -0.3 is 0 Å². The summed E-state index contributed by atoms with van der Waals surface area (Å²) in [5.41, 5.74) is 9.91. The molecule has 0 aliphatic carbocycles. The molecular weight excluding hydrogens is 891 g/mol. The fraction of sp³-hybridized carbons (Fsp3) is 0.136. The third kappa shape index (κ3) is 14.6. The fourth-order valence-corrected chi connectivity index (χ4v) is 8.52. The Labute approximate surface area is 430 Å². The molecule has 0 bridgehead atoms. The van der Waals surface area contributed by atoms with Crippen molar-refractivity contribution in [1.29, 1.82) is 0 Å². The van der Waals surface area contributed by atoms with Crippen LogP contribution >= 0.6 is 0 Å². The van der Waals surface area contributed by atoms with Crippen molar-refractivity contribution in [3.63, 3.8) is 0 Å². The molecule has 7 heteroatoms. The van der Waals surface area contributed by atoms with Crippen molar-refractivity contribution in [2.75, 3.05) is 0 Å². The van der Waals surface area contributed by atoms with E-state index in [0.29, 0.717) is 0 Å². The topological polar surface area (TPSA) is 90.2 Å². The molecule has 0 saturated heterocycles. The van der Waals surface area contributed by atoms with Gasteiger partial charge in [0, 0.05) is 61.0 Å². The van der Waals surface area contributed by atoms with Crippen LogP contribution in [-0.2, 0) is 0 Å². The van der Waals surface area contributed by atoms with Gasteiger partial charge in [-0.1, -0.05) is 121 Å². The largest absolute Gasteiger partial charge is 0.265 e. The van der Waals surface area contributed by atoms with Gasteiger partial charge in [-0.05, 0) is 203 Å². The molecular formula is C66H63N7. The maximum absolute atomic E-state index is 3.98. The quantitative estimate of drug-likeness (QED) is 0.140. The van der Waals surface area contributed by atoms with Gasteiger partial charge in [0.2, 0.25) is 0 Å². The molecule has 13 aromatic rings. The van der Waals surface area contributed by atoms with Crippen LogP contribution in [0.25, 0.3) is 64.6 Å². The van der Waals surface area contributed by atoms with Crippen molar-refractivity contribution >= 4 is 64.6 Å². The second-order valence-electron chi connectivity index (χ2n) is 18.0. The number of pyridine rings is 3. The number of aromatic nitrogens is 7. The molecule has 0 spiro atoms. The minimum Gasteiger partial charge on any atom is -0.265 e. The molecule has 0 N–H and O–H groups in total. The van der Waals surface area contributed by atoms with E-state index in [-0.39, 0.29) is 0 Å². The lowest BCUT2D eigenvalue weighted by Crippen LogP contribution is -1.86. The van der Waals surface area contributed by atoms with Crippen LogP contribution in [0.1, 0.15) is 50.6 Å². The Balaban J connectivity index is 0.000000133. The zero-order chi connectivity index (χ0) is 51.5. The number of aryl methyl sites for hydroxylation is 9. The summed E-state index contributed by atoms with van der Waals surface area (Å²) in [6.07, 6.45) is 15.7. The Bertz CT molecular complexity index is 3320. The molecule has 73 heavy (non-hydrogen) atoms. The van der Waals surface area contributed by atoms with Gasteiger partial charge in [-0.3, -0.25) is 15.0 Å². The molecule has 0 amide bonds. The highest BCUT2D eigenvalue weighted by Gasteiger charge is 2.10. The van der Waals surface area contributed by atoms with E-state index in [1.54, 1.807) is 49.4 Å². The molecule has 13 rings (SSSR count). The molecule has 0 fully saturated rings. The Morgan fingerprint density at radius 2 is 0.740 bits per heavy atom. The average Bonchev–Trinajstić information content (AvgIpc) is 3.41. The van der Waals surface area contributed by atoms with E-state index in [2.05, 4.69) is 172 Å². The molecule has 0 saturated carbocycles. The smallest absolute Gasteiger partial charge is 0.125 e. The summed E-state index contributed by atoms with van der Waals surface area (Å²) in [7, 11) is 0. The lowest BCUT2D eigenvalue weighted by atomic mass is 9.92. The highest BCUT2D eigenvalue weighted by molar-refractivity contribution is 6.23. The molecule has 362 valence electrons. The van der Waals surface area contributed by atoms with Crippen molar-refractivity contribution in [3.8, 4) is 0 Å². The SMILES string of the molecule is Cc1cc2c3ccccc3c(C)cc2c2ccccc12.Cc1cc2ccc3cc(C)cc4ccc(c1)c2c34.Cc1ccccn1.Cc1cccnc1.Cc1ccncc1.Cc1ccncn1.Cc1ncccn1. The fourth-order valence-electron chi connectivity index (χ4n) is 8.52. The maximum atomic E-state index is 3.98. The minimum atomic E-state index is 0.822. The second-order valence-corrected chi connectivity index (χ2v) is 18.0. The highest BCUT2D eigenvalue weighted by atomic mass is 14.8. The van der Waals surface area contributed by atoms with Crippen molar-refractivity contribution in [2.24, 2.45) is 0 Å². The predicted octanol–water partition coefficient (Wildman–Crippen LogP) is 16.7. The van der Waals surface area contributed by atoms with E-state index >= 15 is 0 Å².